The van der Waals surface area contributed by atoms with E-state index in [1.54, 1.807) is 6.92 Å². The molecule has 0 heterocycles. The Morgan fingerprint density at radius 2 is 1.71 bits per heavy atom. The second-order valence-corrected chi connectivity index (χ2v) is 3.81. The summed E-state index contributed by atoms with van der Waals surface area (Å²) in [6, 6.07) is 0. The Balaban J connectivity index is 3.98. The summed E-state index contributed by atoms with van der Waals surface area (Å²) in [6.45, 7) is 4.47. The minimum Gasteiger partial charge on any atom is -0.366 e. The van der Waals surface area contributed by atoms with Gasteiger partial charge in [-0.2, -0.15) is 13.2 Å². The quantitative estimate of drug-likeness (QED) is 0.648. The standard InChI is InChI=1S/C10H19F3O/c1-4-6-7-9(3,5-2)14-8-10(11,12)13/h4-8H2,1-3H3. The van der Waals surface area contributed by atoms with Gasteiger partial charge in [0.05, 0.1) is 5.60 Å². The third-order valence-corrected chi connectivity index (χ3v) is 2.39. The maximum atomic E-state index is 11.9. The van der Waals surface area contributed by atoms with Gasteiger partial charge in [-0.1, -0.05) is 26.7 Å². The Hall–Kier alpha value is -0.250. The molecule has 0 bridgehead atoms. The molecule has 0 aliphatic rings. The summed E-state index contributed by atoms with van der Waals surface area (Å²) in [5, 5.41) is 0. The van der Waals surface area contributed by atoms with Crippen LogP contribution in [0.1, 0.15) is 46.5 Å². The number of alkyl halides is 3. The number of rotatable bonds is 6. The van der Waals surface area contributed by atoms with E-state index in [4.69, 9.17) is 4.74 Å². The highest BCUT2D eigenvalue weighted by molar-refractivity contribution is 4.73. The van der Waals surface area contributed by atoms with Gasteiger partial charge >= 0.3 is 6.18 Å². The van der Waals surface area contributed by atoms with E-state index >= 15 is 0 Å². The highest BCUT2D eigenvalue weighted by Gasteiger charge is 2.32. The van der Waals surface area contributed by atoms with Crippen molar-refractivity contribution in [2.45, 2.75) is 58.2 Å². The fourth-order valence-corrected chi connectivity index (χ4v) is 1.16. The molecule has 0 aliphatic heterocycles. The molecule has 0 spiro atoms. The van der Waals surface area contributed by atoms with E-state index in [0.29, 0.717) is 12.8 Å². The summed E-state index contributed by atoms with van der Waals surface area (Å²) in [5.74, 6) is 0. The third-order valence-electron chi connectivity index (χ3n) is 2.39. The molecular weight excluding hydrogens is 193 g/mol. The molecule has 14 heavy (non-hydrogen) atoms. The summed E-state index contributed by atoms with van der Waals surface area (Å²) >= 11 is 0. The Kier molecular flexibility index (Phi) is 5.49. The number of unbranched alkanes of at least 4 members (excludes halogenated alkanes) is 1. The van der Waals surface area contributed by atoms with E-state index in [1.165, 1.54) is 0 Å². The fraction of sp³-hybridized carbons (Fsp3) is 1.00. The predicted molar refractivity (Wildman–Crippen MR) is 50.2 cm³/mol. The molecule has 1 nitrogen and oxygen atoms in total. The molecule has 0 aromatic rings. The molecule has 86 valence electrons. The number of ether oxygens (including phenoxy) is 1. The van der Waals surface area contributed by atoms with Crippen molar-refractivity contribution in [1.29, 1.82) is 0 Å². The van der Waals surface area contributed by atoms with Crippen molar-refractivity contribution in [2.75, 3.05) is 6.61 Å². The van der Waals surface area contributed by atoms with Crippen molar-refractivity contribution in [3.8, 4) is 0 Å². The minimum atomic E-state index is -4.22. The zero-order valence-corrected chi connectivity index (χ0v) is 9.08. The second-order valence-electron chi connectivity index (χ2n) is 3.81. The molecule has 0 N–H and O–H groups in total. The van der Waals surface area contributed by atoms with Crippen molar-refractivity contribution in [3.63, 3.8) is 0 Å². The lowest BCUT2D eigenvalue weighted by atomic mass is 9.96. The summed E-state index contributed by atoms with van der Waals surface area (Å²) in [6.07, 6.45) is -1.03. The molecule has 4 heteroatoms. The van der Waals surface area contributed by atoms with Gasteiger partial charge < -0.3 is 4.74 Å². The summed E-state index contributed by atoms with van der Waals surface area (Å²) in [7, 11) is 0. The van der Waals surface area contributed by atoms with E-state index in [9.17, 15) is 13.2 Å². The first-order valence-electron chi connectivity index (χ1n) is 5.03. The molecule has 0 saturated carbocycles. The van der Waals surface area contributed by atoms with Crippen LogP contribution in [0.3, 0.4) is 0 Å². The average Bonchev–Trinajstić information content (AvgIpc) is 2.10. The topological polar surface area (TPSA) is 9.23 Å². The fourth-order valence-electron chi connectivity index (χ4n) is 1.16. The van der Waals surface area contributed by atoms with Crippen LogP contribution in [0.5, 0.6) is 0 Å². The van der Waals surface area contributed by atoms with Crippen molar-refractivity contribution in [1.82, 2.24) is 0 Å². The molecule has 1 atom stereocenters. The van der Waals surface area contributed by atoms with Gasteiger partial charge in [0, 0.05) is 0 Å². The Bertz CT molecular complexity index is 156. The Morgan fingerprint density at radius 1 is 1.14 bits per heavy atom. The lowest BCUT2D eigenvalue weighted by molar-refractivity contribution is -0.204. The molecule has 0 aromatic carbocycles. The van der Waals surface area contributed by atoms with E-state index in [1.807, 2.05) is 13.8 Å². The van der Waals surface area contributed by atoms with Crippen LogP contribution >= 0.6 is 0 Å². The normalized spacial score (nSPS) is 16.7. The van der Waals surface area contributed by atoms with E-state index in [-0.39, 0.29) is 0 Å². The zero-order valence-electron chi connectivity index (χ0n) is 9.08. The first-order chi connectivity index (χ1) is 6.33. The SMILES string of the molecule is CCCCC(C)(CC)OCC(F)(F)F. The minimum absolute atomic E-state index is 0.614. The first kappa shape index (κ1) is 13.8. The van der Waals surface area contributed by atoms with Crippen LogP contribution in [0, 0.1) is 0 Å². The van der Waals surface area contributed by atoms with Gasteiger partial charge in [0.15, 0.2) is 0 Å². The van der Waals surface area contributed by atoms with E-state index < -0.39 is 18.4 Å². The van der Waals surface area contributed by atoms with Gasteiger partial charge in [-0.3, -0.25) is 0 Å². The zero-order chi connectivity index (χ0) is 11.2. The molecule has 0 aliphatic carbocycles. The number of hydrogen-bond acceptors (Lipinski definition) is 1. The van der Waals surface area contributed by atoms with Gasteiger partial charge in [0.2, 0.25) is 0 Å². The molecule has 0 amide bonds. The number of hydrogen-bond donors (Lipinski definition) is 0. The van der Waals surface area contributed by atoms with Crippen LogP contribution in [0.15, 0.2) is 0 Å². The van der Waals surface area contributed by atoms with Crippen molar-refractivity contribution >= 4 is 0 Å². The van der Waals surface area contributed by atoms with Crippen LogP contribution in [0.4, 0.5) is 13.2 Å². The largest absolute Gasteiger partial charge is 0.411 e. The third kappa shape index (κ3) is 6.24. The molecule has 0 fully saturated rings. The smallest absolute Gasteiger partial charge is 0.366 e. The molecule has 0 saturated heterocycles. The Morgan fingerprint density at radius 3 is 2.07 bits per heavy atom. The van der Waals surface area contributed by atoms with Crippen molar-refractivity contribution < 1.29 is 17.9 Å². The maximum Gasteiger partial charge on any atom is 0.411 e. The Labute approximate surface area is 83.6 Å². The predicted octanol–water partition coefficient (Wildman–Crippen LogP) is 3.92. The molecule has 0 radical (unpaired) electrons. The number of halogens is 3. The van der Waals surface area contributed by atoms with Crippen LogP contribution in [-0.2, 0) is 4.74 Å². The van der Waals surface area contributed by atoms with Gasteiger partial charge in [-0.05, 0) is 19.8 Å². The maximum absolute atomic E-state index is 11.9. The highest BCUT2D eigenvalue weighted by Crippen LogP contribution is 2.26. The van der Waals surface area contributed by atoms with Crippen molar-refractivity contribution in [3.05, 3.63) is 0 Å². The summed E-state index contributed by atoms with van der Waals surface area (Å²) < 4.78 is 40.7. The highest BCUT2D eigenvalue weighted by atomic mass is 19.4. The van der Waals surface area contributed by atoms with Crippen molar-refractivity contribution in [2.24, 2.45) is 0 Å². The van der Waals surface area contributed by atoms with Gasteiger partial charge in [-0.15, -0.1) is 0 Å². The van der Waals surface area contributed by atoms with Gasteiger partial charge in [-0.25, -0.2) is 0 Å². The van der Waals surface area contributed by atoms with Crippen LogP contribution in [0.2, 0.25) is 0 Å². The van der Waals surface area contributed by atoms with Crippen LogP contribution in [-0.4, -0.2) is 18.4 Å². The molecule has 0 rings (SSSR count). The molecular formula is C10H19F3O. The summed E-state index contributed by atoms with van der Waals surface area (Å²) in [5.41, 5.74) is -0.620. The monoisotopic (exact) mass is 212 g/mol. The lowest BCUT2D eigenvalue weighted by Crippen LogP contribution is -2.32. The second kappa shape index (κ2) is 5.59. The van der Waals surface area contributed by atoms with Gasteiger partial charge in [0.1, 0.15) is 6.61 Å². The molecule has 1 unspecified atom stereocenters. The van der Waals surface area contributed by atoms with Gasteiger partial charge in [0.25, 0.3) is 0 Å². The van der Waals surface area contributed by atoms with Crippen LogP contribution in [0.25, 0.3) is 0 Å². The van der Waals surface area contributed by atoms with E-state index in [2.05, 4.69) is 0 Å². The summed E-state index contributed by atoms with van der Waals surface area (Å²) in [4.78, 5) is 0. The van der Waals surface area contributed by atoms with E-state index in [0.717, 1.165) is 12.8 Å². The molecule has 0 aromatic heterocycles. The first-order valence-corrected chi connectivity index (χ1v) is 5.03. The van der Waals surface area contributed by atoms with Crippen LogP contribution < -0.4 is 0 Å². The lowest BCUT2D eigenvalue weighted by Gasteiger charge is -2.29. The average molecular weight is 212 g/mol.